The third-order valence-electron chi connectivity index (χ3n) is 12.9. The van der Waals surface area contributed by atoms with E-state index in [1.54, 1.807) is 0 Å². The highest BCUT2D eigenvalue weighted by atomic mass is 16.6. The topological polar surface area (TPSA) is 78.9 Å². The maximum Gasteiger partial charge on any atom is 0.306 e. The first kappa shape index (κ1) is 71.5. The number of esters is 3. The predicted octanol–water partition coefficient (Wildman–Crippen LogP) is 21.4. The van der Waals surface area contributed by atoms with E-state index >= 15 is 0 Å². The number of allylic oxidation sites excluding steroid dienone is 22. The van der Waals surface area contributed by atoms with Crippen LogP contribution in [0.4, 0.5) is 0 Å². The molecule has 0 saturated carbocycles. The molecule has 0 radical (unpaired) electrons. The first-order valence-corrected chi connectivity index (χ1v) is 31.2. The van der Waals surface area contributed by atoms with Crippen LogP contribution in [-0.2, 0) is 28.6 Å². The maximum atomic E-state index is 12.9. The van der Waals surface area contributed by atoms with Crippen LogP contribution in [0.25, 0.3) is 0 Å². The lowest BCUT2D eigenvalue weighted by Crippen LogP contribution is -2.30. The Morgan fingerprint density at radius 3 is 0.803 bits per heavy atom. The number of hydrogen-bond acceptors (Lipinski definition) is 6. The van der Waals surface area contributed by atoms with Crippen molar-refractivity contribution in [1.82, 2.24) is 0 Å². The van der Waals surface area contributed by atoms with Crippen molar-refractivity contribution in [1.29, 1.82) is 0 Å². The van der Waals surface area contributed by atoms with Crippen LogP contribution in [0.2, 0.25) is 0 Å². The molecule has 0 fully saturated rings. The number of carbonyl (C=O) groups is 3. The Kier molecular flexibility index (Phi) is 59.4. The van der Waals surface area contributed by atoms with Crippen molar-refractivity contribution >= 4 is 17.9 Å². The summed E-state index contributed by atoms with van der Waals surface area (Å²) < 4.78 is 16.8. The molecule has 0 aromatic carbocycles. The van der Waals surface area contributed by atoms with Gasteiger partial charge in [0, 0.05) is 19.3 Å². The summed E-state index contributed by atoms with van der Waals surface area (Å²) in [6, 6.07) is 0. The fourth-order valence-corrected chi connectivity index (χ4v) is 8.23. The van der Waals surface area contributed by atoms with Gasteiger partial charge in [-0.25, -0.2) is 0 Å². The zero-order valence-corrected chi connectivity index (χ0v) is 49.2. The molecule has 0 aliphatic carbocycles. The number of hydrogen-bond donors (Lipinski definition) is 0. The Hall–Kier alpha value is -4.45. The second-order valence-electron chi connectivity index (χ2n) is 20.2. The molecule has 0 spiro atoms. The van der Waals surface area contributed by atoms with Gasteiger partial charge in [0.05, 0.1) is 0 Å². The average Bonchev–Trinajstić information content (AvgIpc) is 3.42. The lowest BCUT2D eigenvalue weighted by Gasteiger charge is -2.18. The Morgan fingerprint density at radius 1 is 0.276 bits per heavy atom. The van der Waals surface area contributed by atoms with Crippen molar-refractivity contribution in [3.63, 3.8) is 0 Å². The molecule has 0 amide bonds. The van der Waals surface area contributed by atoms with E-state index in [4.69, 9.17) is 14.2 Å². The first-order valence-electron chi connectivity index (χ1n) is 31.2. The third kappa shape index (κ3) is 60.4. The molecule has 0 aliphatic rings. The van der Waals surface area contributed by atoms with E-state index in [0.717, 1.165) is 148 Å². The molecule has 0 bridgehead atoms. The van der Waals surface area contributed by atoms with Gasteiger partial charge in [0.25, 0.3) is 0 Å². The van der Waals surface area contributed by atoms with Crippen LogP contribution in [-0.4, -0.2) is 37.2 Å². The predicted molar refractivity (Wildman–Crippen MR) is 329 cm³/mol. The molecule has 0 aromatic rings. The molecule has 0 N–H and O–H groups in total. The summed E-state index contributed by atoms with van der Waals surface area (Å²) >= 11 is 0. The van der Waals surface area contributed by atoms with E-state index in [2.05, 4.69) is 154 Å². The maximum absolute atomic E-state index is 12.9. The molecular formula is C70H114O6. The van der Waals surface area contributed by atoms with E-state index in [9.17, 15) is 14.4 Å². The van der Waals surface area contributed by atoms with Gasteiger partial charge in [-0.15, -0.1) is 0 Å². The molecule has 0 aliphatic heterocycles. The van der Waals surface area contributed by atoms with Gasteiger partial charge in [0.1, 0.15) is 13.2 Å². The molecule has 430 valence electrons. The minimum atomic E-state index is -0.799. The highest BCUT2D eigenvalue weighted by Crippen LogP contribution is 2.14. The summed E-state index contributed by atoms with van der Waals surface area (Å²) in [5, 5.41) is 0. The van der Waals surface area contributed by atoms with Crippen molar-refractivity contribution in [2.24, 2.45) is 0 Å². The fraction of sp³-hybridized carbons (Fsp3) is 0.643. The summed E-state index contributed by atoms with van der Waals surface area (Å²) in [7, 11) is 0. The van der Waals surface area contributed by atoms with E-state index in [-0.39, 0.29) is 31.1 Å². The molecule has 0 aromatic heterocycles. The smallest absolute Gasteiger partial charge is 0.306 e. The van der Waals surface area contributed by atoms with Gasteiger partial charge in [-0.1, -0.05) is 264 Å². The van der Waals surface area contributed by atoms with E-state index in [0.29, 0.717) is 19.3 Å². The van der Waals surface area contributed by atoms with Gasteiger partial charge < -0.3 is 14.2 Å². The number of rotatable bonds is 55. The number of carbonyl (C=O) groups excluding carboxylic acids is 3. The van der Waals surface area contributed by atoms with Gasteiger partial charge >= 0.3 is 17.9 Å². The van der Waals surface area contributed by atoms with Crippen molar-refractivity contribution < 1.29 is 28.6 Å². The van der Waals surface area contributed by atoms with Gasteiger partial charge in [0.15, 0.2) is 6.10 Å². The molecule has 6 nitrogen and oxygen atoms in total. The quantitative estimate of drug-likeness (QED) is 0.0261. The molecular weight excluding hydrogens is 937 g/mol. The summed E-state index contributed by atoms with van der Waals surface area (Å²) in [6.45, 7) is 6.45. The van der Waals surface area contributed by atoms with Crippen LogP contribution in [0.5, 0.6) is 0 Å². The molecule has 0 rings (SSSR count). The standard InChI is InChI=1S/C70H114O6/c1-4-7-10-13-16-19-21-23-25-27-29-31-32-33-34-35-36-37-38-40-41-43-45-47-49-51-54-57-60-63-69(72)75-66-67(65-74-68(71)62-59-56-53-18-15-12-9-6-3)76-70(73)64-61-58-55-52-50-48-46-44-42-39-30-28-26-24-22-20-17-14-11-8-5-2/h7,10,16,19,22-25,28-31,33-34,36-37,40-42,44-45,47,67H,4-6,8-9,11-15,17-18,20-21,26-27,32,35,38-39,43,46,48-66H2,1-3H3/b10-7-,19-16-,24-22-,25-23-,30-28-,31-29-,34-33-,37-36-,41-40-,44-42-,47-45-. The lowest BCUT2D eigenvalue weighted by atomic mass is 10.1. The Labute approximate surface area is 468 Å². The summed E-state index contributed by atoms with van der Waals surface area (Å²) in [5.74, 6) is -0.939. The van der Waals surface area contributed by atoms with Crippen LogP contribution >= 0.6 is 0 Å². The van der Waals surface area contributed by atoms with Crippen LogP contribution in [0.3, 0.4) is 0 Å². The summed E-state index contributed by atoms with van der Waals surface area (Å²) in [6.07, 6.45) is 88.9. The van der Waals surface area contributed by atoms with Gasteiger partial charge in [0.2, 0.25) is 0 Å². The lowest BCUT2D eigenvalue weighted by molar-refractivity contribution is -0.167. The molecule has 1 atom stereocenters. The number of ether oxygens (including phenoxy) is 3. The first-order chi connectivity index (χ1) is 37.5. The van der Waals surface area contributed by atoms with Crippen molar-refractivity contribution in [2.75, 3.05) is 13.2 Å². The molecule has 0 saturated heterocycles. The zero-order chi connectivity index (χ0) is 55.0. The van der Waals surface area contributed by atoms with Gasteiger partial charge in [-0.05, 0) is 122 Å². The third-order valence-corrected chi connectivity index (χ3v) is 12.9. The van der Waals surface area contributed by atoms with E-state index < -0.39 is 6.10 Å². The van der Waals surface area contributed by atoms with Crippen molar-refractivity contribution in [2.45, 2.75) is 277 Å². The van der Waals surface area contributed by atoms with E-state index in [1.807, 2.05) is 0 Å². The second kappa shape index (κ2) is 63.1. The average molecular weight is 1050 g/mol. The molecule has 6 heteroatoms. The molecule has 0 heterocycles. The van der Waals surface area contributed by atoms with Gasteiger partial charge in [-0.3, -0.25) is 14.4 Å². The van der Waals surface area contributed by atoms with Crippen LogP contribution in [0.15, 0.2) is 134 Å². The molecule has 76 heavy (non-hydrogen) atoms. The summed E-state index contributed by atoms with van der Waals surface area (Å²) in [4.78, 5) is 38.1. The van der Waals surface area contributed by atoms with Gasteiger partial charge in [-0.2, -0.15) is 0 Å². The highest BCUT2D eigenvalue weighted by molar-refractivity contribution is 5.71. The highest BCUT2D eigenvalue weighted by Gasteiger charge is 2.19. The normalized spacial score (nSPS) is 13.0. The monoisotopic (exact) mass is 1050 g/mol. The van der Waals surface area contributed by atoms with Crippen LogP contribution in [0, 0.1) is 0 Å². The molecule has 1 unspecified atom stereocenters. The fourth-order valence-electron chi connectivity index (χ4n) is 8.23. The summed E-state index contributed by atoms with van der Waals surface area (Å²) in [5.41, 5.74) is 0. The Balaban J connectivity index is 4.31. The minimum absolute atomic E-state index is 0.0942. The van der Waals surface area contributed by atoms with Crippen LogP contribution in [0.1, 0.15) is 271 Å². The Bertz CT molecular complexity index is 1630. The Morgan fingerprint density at radius 2 is 0.513 bits per heavy atom. The number of unbranched alkanes of at least 4 members (excludes halogenated alkanes) is 22. The van der Waals surface area contributed by atoms with Crippen molar-refractivity contribution in [3.05, 3.63) is 134 Å². The van der Waals surface area contributed by atoms with E-state index in [1.165, 1.54) is 83.5 Å². The second-order valence-corrected chi connectivity index (χ2v) is 20.2. The zero-order valence-electron chi connectivity index (χ0n) is 49.2. The van der Waals surface area contributed by atoms with Crippen molar-refractivity contribution in [3.8, 4) is 0 Å². The minimum Gasteiger partial charge on any atom is -0.462 e. The SMILES string of the molecule is CC/C=C\C/C=C\C/C=C\C/C=C\C/C=C\C/C=C\C/C=C\C/C=C\CCCCCCC(=O)OCC(COC(=O)CCCCCCCCCC)OC(=O)CCCCCCCC/C=C\C/C=C\C/C=C\CCCCCCC. The largest absolute Gasteiger partial charge is 0.462 e. The van der Waals surface area contributed by atoms with Crippen LogP contribution < -0.4 is 0 Å².